The van der Waals surface area contributed by atoms with Crippen LogP contribution in [0.25, 0.3) is 0 Å². The number of aliphatic hydroxyl groups is 1. The molecule has 2 rings (SSSR count). The van der Waals surface area contributed by atoms with Gasteiger partial charge in [-0.25, -0.2) is 0 Å². The lowest BCUT2D eigenvalue weighted by Gasteiger charge is -2.31. The molecule has 1 heterocycles. The van der Waals surface area contributed by atoms with E-state index in [4.69, 9.17) is 16.3 Å². The van der Waals surface area contributed by atoms with Gasteiger partial charge in [-0.05, 0) is 24.6 Å². The molecule has 1 aliphatic heterocycles. The first-order chi connectivity index (χ1) is 11.0. The molecule has 23 heavy (non-hydrogen) atoms. The third kappa shape index (κ3) is 6.05. The topological polar surface area (TPSA) is 38.3 Å². The van der Waals surface area contributed by atoms with Crippen LogP contribution < -0.4 is 9.80 Å². The highest BCUT2D eigenvalue weighted by Crippen LogP contribution is 2.19. The number of hydrogen-bond donors (Lipinski definition) is 3. The second-order valence-corrected chi connectivity index (χ2v) is 7.40. The van der Waals surface area contributed by atoms with Crippen LogP contribution in [0.2, 0.25) is 5.02 Å². The fraction of sp³-hybridized carbons (Fsp3) is 0.667. The zero-order valence-electron chi connectivity index (χ0n) is 14.5. The Morgan fingerprint density at radius 2 is 1.91 bits per heavy atom. The van der Waals surface area contributed by atoms with Gasteiger partial charge in [-0.2, -0.15) is 0 Å². The third-order valence-corrected chi connectivity index (χ3v) is 5.22. The van der Waals surface area contributed by atoms with Crippen molar-refractivity contribution < 1.29 is 19.6 Å². The molecular weight excluding hydrogens is 312 g/mol. The Morgan fingerprint density at radius 1 is 1.30 bits per heavy atom. The zero-order valence-corrected chi connectivity index (χ0v) is 15.3. The Kier molecular flexibility index (Phi) is 7.31. The number of nitrogens with one attached hydrogen (secondary N) is 2. The summed E-state index contributed by atoms with van der Waals surface area (Å²) >= 11 is 5.90. The van der Waals surface area contributed by atoms with E-state index in [0.29, 0.717) is 12.6 Å². The van der Waals surface area contributed by atoms with Crippen molar-refractivity contribution in [2.45, 2.75) is 38.0 Å². The third-order valence-electron chi connectivity index (χ3n) is 4.97. The van der Waals surface area contributed by atoms with Gasteiger partial charge in [0.15, 0.2) is 0 Å². The molecule has 1 aromatic rings. The van der Waals surface area contributed by atoms with E-state index in [2.05, 4.69) is 14.1 Å². The zero-order chi connectivity index (χ0) is 16.8. The largest absolute Gasteiger partial charge is 0.385 e. The number of aliphatic hydroxyl groups excluding tert-OH is 1. The molecule has 1 saturated heterocycles. The van der Waals surface area contributed by atoms with Crippen LogP contribution >= 0.6 is 11.6 Å². The summed E-state index contributed by atoms with van der Waals surface area (Å²) < 4.78 is 5.82. The molecule has 0 saturated carbocycles. The molecule has 0 radical (unpaired) electrons. The summed E-state index contributed by atoms with van der Waals surface area (Å²) in [6.07, 6.45) is 2.03. The minimum atomic E-state index is -0.420. The summed E-state index contributed by atoms with van der Waals surface area (Å²) in [6, 6.07) is 8.34. The summed E-state index contributed by atoms with van der Waals surface area (Å²) in [6.45, 7) is 5.60. The van der Waals surface area contributed by atoms with Crippen LogP contribution in [0.1, 0.15) is 31.4 Å². The Hall–Kier alpha value is -0.650. The second-order valence-electron chi connectivity index (χ2n) is 6.96. The van der Waals surface area contributed by atoms with Crippen molar-refractivity contribution >= 4 is 11.6 Å². The van der Waals surface area contributed by atoms with Gasteiger partial charge in [-0.15, -0.1) is 0 Å². The smallest absolute Gasteiger partial charge is 0.126 e. The number of likely N-dealkylation sites (tertiary alicyclic amines) is 1. The number of halogens is 1. The Balaban J connectivity index is 1.71. The molecule has 1 aromatic carbocycles. The molecule has 3 atom stereocenters. The van der Waals surface area contributed by atoms with Gasteiger partial charge in [0, 0.05) is 17.9 Å². The van der Waals surface area contributed by atoms with Crippen molar-refractivity contribution in [1.29, 1.82) is 0 Å². The van der Waals surface area contributed by atoms with Crippen LogP contribution in [-0.4, -0.2) is 57.6 Å². The normalized spacial score (nSPS) is 25.8. The van der Waals surface area contributed by atoms with Crippen LogP contribution in [0.15, 0.2) is 24.3 Å². The first-order valence-electron chi connectivity index (χ1n) is 8.64. The van der Waals surface area contributed by atoms with E-state index in [-0.39, 0.29) is 6.10 Å². The van der Waals surface area contributed by atoms with Gasteiger partial charge in [0.05, 0.1) is 45.9 Å². The van der Waals surface area contributed by atoms with Crippen LogP contribution in [0.4, 0.5) is 0 Å². The summed E-state index contributed by atoms with van der Waals surface area (Å²) in [7, 11) is 4.45. The van der Waals surface area contributed by atoms with Crippen molar-refractivity contribution in [3.05, 3.63) is 34.9 Å². The summed E-state index contributed by atoms with van der Waals surface area (Å²) in [5.41, 5.74) is 1.08. The fourth-order valence-electron chi connectivity index (χ4n) is 3.29. The van der Waals surface area contributed by atoms with Gasteiger partial charge >= 0.3 is 0 Å². The molecule has 0 amide bonds. The Labute approximate surface area is 145 Å². The van der Waals surface area contributed by atoms with Crippen molar-refractivity contribution in [2.75, 3.05) is 40.3 Å². The number of ether oxygens (including phenoxy) is 1. The van der Waals surface area contributed by atoms with Crippen LogP contribution in [-0.2, 0) is 4.74 Å². The molecular formula is C18H31ClN2O2+2. The standard InChI is InChI=1S/C18H29ClN2O2/c1-14(15-4-6-16(19)7-5-15)23-13-18(22)12-21(3)17-8-10-20(2)11-9-17/h4-7,14,17-18,22H,8-13H2,1-3H3/p+2/t14-,18+/m0/s1. The van der Waals surface area contributed by atoms with E-state index in [9.17, 15) is 5.11 Å². The number of quaternary nitrogens is 2. The van der Waals surface area contributed by atoms with Crippen molar-refractivity contribution in [3.8, 4) is 0 Å². The monoisotopic (exact) mass is 342 g/mol. The maximum absolute atomic E-state index is 10.3. The highest BCUT2D eigenvalue weighted by Gasteiger charge is 2.27. The van der Waals surface area contributed by atoms with E-state index in [0.717, 1.165) is 17.1 Å². The average molecular weight is 343 g/mol. The SMILES string of the molecule is C[C@H](OC[C@H](O)C[NH+](C)C1CC[NH+](C)CC1)c1ccc(Cl)cc1. The minimum absolute atomic E-state index is 0.0332. The first kappa shape index (κ1) is 18.7. The summed E-state index contributed by atoms with van der Waals surface area (Å²) in [4.78, 5) is 3.04. The van der Waals surface area contributed by atoms with E-state index in [1.54, 1.807) is 4.90 Å². The molecule has 0 bridgehead atoms. The van der Waals surface area contributed by atoms with E-state index in [1.165, 1.54) is 30.8 Å². The van der Waals surface area contributed by atoms with Gasteiger partial charge in [0.2, 0.25) is 0 Å². The fourth-order valence-corrected chi connectivity index (χ4v) is 3.41. The van der Waals surface area contributed by atoms with Crippen LogP contribution in [0.5, 0.6) is 0 Å². The lowest BCUT2D eigenvalue weighted by molar-refractivity contribution is -0.941. The van der Waals surface area contributed by atoms with E-state index in [1.807, 2.05) is 31.2 Å². The molecule has 5 heteroatoms. The molecule has 0 spiro atoms. The average Bonchev–Trinajstić information content (AvgIpc) is 2.54. The molecule has 4 nitrogen and oxygen atoms in total. The van der Waals surface area contributed by atoms with Crippen LogP contribution in [0, 0.1) is 0 Å². The molecule has 3 N–H and O–H groups in total. The number of benzene rings is 1. The van der Waals surface area contributed by atoms with Gasteiger partial charge in [0.25, 0.3) is 0 Å². The van der Waals surface area contributed by atoms with Gasteiger partial charge < -0.3 is 19.6 Å². The van der Waals surface area contributed by atoms with Gasteiger partial charge in [-0.3, -0.25) is 0 Å². The van der Waals surface area contributed by atoms with Gasteiger partial charge in [-0.1, -0.05) is 23.7 Å². The minimum Gasteiger partial charge on any atom is -0.385 e. The lowest BCUT2D eigenvalue weighted by atomic mass is 10.0. The number of rotatable bonds is 7. The maximum Gasteiger partial charge on any atom is 0.126 e. The molecule has 130 valence electrons. The van der Waals surface area contributed by atoms with Crippen molar-refractivity contribution in [1.82, 2.24) is 0 Å². The molecule has 0 aliphatic carbocycles. The second kappa shape index (κ2) is 9.00. The summed E-state index contributed by atoms with van der Waals surface area (Å²) in [5, 5.41) is 11.0. The van der Waals surface area contributed by atoms with Gasteiger partial charge in [0.1, 0.15) is 12.6 Å². The number of likely N-dealkylation sites (N-methyl/N-ethyl adjacent to an activating group) is 1. The molecule has 1 fully saturated rings. The molecule has 0 aromatic heterocycles. The first-order valence-corrected chi connectivity index (χ1v) is 9.02. The highest BCUT2D eigenvalue weighted by atomic mass is 35.5. The highest BCUT2D eigenvalue weighted by molar-refractivity contribution is 6.30. The predicted octanol–water partition coefficient (Wildman–Crippen LogP) is -0.0297. The maximum atomic E-state index is 10.3. The van der Waals surface area contributed by atoms with Crippen molar-refractivity contribution in [2.24, 2.45) is 0 Å². The number of piperidine rings is 1. The van der Waals surface area contributed by atoms with E-state index < -0.39 is 6.10 Å². The van der Waals surface area contributed by atoms with Crippen molar-refractivity contribution in [3.63, 3.8) is 0 Å². The quantitative estimate of drug-likeness (QED) is 0.651. The Morgan fingerprint density at radius 3 is 2.52 bits per heavy atom. The molecule has 1 unspecified atom stereocenters. The summed E-state index contributed by atoms with van der Waals surface area (Å²) in [5.74, 6) is 0. The van der Waals surface area contributed by atoms with Crippen LogP contribution in [0.3, 0.4) is 0 Å². The lowest BCUT2D eigenvalue weighted by Crippen LogP contribution is -3.18. The Bertz CT molecular complexity index is 461. The predicted molar refractivity (Wildman–Crippen MR) is 93.2 cm³/mol. The van der Waals surface area contributed by atoms with E-state index >= 15 is 0 Å². The molecule has 1 aliphatic rings. The number of hydrogen-bond acceptors (Lipinski definition) is 2.